The highest BCUT2D eigenvalue weighted by Gasteiger charge is 2.32. The second-order valence-electron chi connectivity index (χ2n) is 7.18. The molecular formula is C24H19Cl2N3O3. The number of halogens is 2. The van der Waals surface area contributed by atoms with Gasteiger partial charge in [0.05, 0.1) is 24.9 Å². The number of hydrogen-bond donors (Lipinski definition) is 1. The Morgan fingerprint density at radius 1 is 0.938 bits per heavy atom. The van der Waals surface area contributed by atoms with Gasteiger partial charge in [-0.2, -0.15) is 5.10 Å². The zero-order valence-electron chi connectivity index (χ0n) is 17.1. The first kappa shape index (κ1) is 21.9. The molecule has 0 radical (unpaired) electrons. The Kier molecular flexibility index (Phi) is 6.44. The fraction of sp³-hybridized carbons (Fsp3) is 0.125. The quantitative estimate of drug-likeness (QED) is 0.491. The molecule has 6 nitrogen and oxygen atoms in total. The van der Waals surface area contributed by atoms with E-state index in [4.69, 9.17) is 27.9 Å². The van der Waals surface area contributed by atoms with Gasteiger partial charge in [-0.25, -0.2) is 14.6 Å². The number of benzene rings is 3. The van der Waals surface area contributed by atoms with Gasteiger partial charge in [-0.1, -0.05) is 47.5 Å². The Bertz CT molecular complexity index is 1160. The number of methoxy groups -OCH3 is 1. The number of nitrogens with zero attached hydrogens (tertiary/aromatic N) is 2. The Labute approximate surface area is 195 Å². The lowest BCUT2D eigenvalue weighted by molar-refractivity contribution is 0.0600. The van der Waals surface area contributed by atoms with Gasteiger partial charge in [-0.05, 0) is 59.7 Å². The summed E-state index contributed by atoms with van der Waals surface area (Å²) in [4.78, 5) is 24.7. The number of esters is 1. The van der Waals surface area contributed by atoms with Gasteiger partial charge < -0.3 is 10.1 Å². The minimum Gasteiger partial charge on any atom is -0.465 e. The second kappa shape index (κ2) is 9.42. The molecule has 2 amide bonds. The molecule has 32 heavy (non-hydrogen) atoms. The van der Waals surface area contributed by atoms with E-state index < -0.39 is 5.97 Å². The first-order chi connectivity index (χ1) is 15.4. The summed E-state index contributed by atoms with van der Waals surface area (Å²) in [7, 11) is 1.34. The molecule has 0 aromatic heterocycles. The number of hydrogen-bond acceptors (Lipinski definition) is 4. The first-order valence-electron chi connectivity index (χ1n) is 9.81. The standard InChI is InChI=1S/C24H19Cl2N3O3/c1-32-23(30)17-4-2-15(3-5-17)21-14-29(24(31)27-20-12-10-19(26)11-13-20)28-22(21)16-6-8-18(25)9-7-16/h2-13,21H,14H2,1H3,(H,27,31). The molecule has 0 bridgehead atoms. The van der Waals surface area contributed by atoms with E-state index in [-0.39, 0.29) is 11.9 Å². The van der Waals surface area contributed by atoms with E-state index in [9.17, 15) is 9.59 Å². The maximum atomic E-state index is 12.9. The van der Waals surface area contributed by atoms with E-state index in [0.29, 0.717) is 27.8 Å². The van der Waals surface area contributed by atoms with Gasteiger partial charge in [0, 0.05) is 21.7 Å². The van der Waals surface area contributed by atoms with E-state index in [1.807, 2.05) is 24.3 Å². The van der Waals surface area contributed by atoms with Crippen molar-refractivity contribution < 1.29 is 14.3 Å². The van der Waals surface area contributed by atoms with Crippen molar-refractivity contribution in [1.29, 1.82) is 0 Å². The molecule has 1 aliphatic heterocycles. The van der Waals surface area contributed by atoms with Crippen molar-refractivity contribution >= 4 is 46.6 Å². The van der Waals surface area contributed by atoms with Crippen LogP contribution in [0.3, 0.4) is 0 Å². The molecule has 1 atom stereocenters. The van der Waals surface area contributed by atoms with Gasteiger partial charge >= 0.3 is 12.0 Å². The Hall–Kier alpha value is -3.35. The maximum absolute atomic E-state index is 12.9. The number of nitrogens with one attached hydrogen (secondary N) is 1. The zero-order chi connectivity index (χ0) is 22.7. The summed E-state index contributed by atoms with van der Waals surface area (Å²) < 4.78 is 4.77. The third kappa shape index (κ3) is 4.77. The molecule has 0 saturated carbocycles. The minimum atomic E-state index is -0.404. The van der Waals surface area contributed by atoms with Crippen molar-refractivity contribution in [3.05, 3.63) is 99.5 Å². The summed E-state index contributed by atoms with van der Waals surface area (Å²) in [5.41, 5.74) is 3.59. The predicted molar refractivity (Wildman–Crippen MR) is 126 cm³/mol. The van der Waals surface area contributed by atoms with E-state index in [1.165, 1.54) is 12.1 Å². The molecule has 0 saturated heterocycles. The monoisotopic (exact) mass is 467 g/mol. The van der Waals surface area contributed by atoms with Gasteiger partial charge in [0.15, 0.2) is 0 Å². The lowest BCUT2D eigenvalue weighted by Crippen LogP contribution is -2.30. The van der Waals surface area contributed by atoms with Crippen LogP contribution >= 0.6 is 23.2 Å². The summed E-state index contributed by atoms with van der Waals surface area (Å²) in [5.74, 6) is -0.586. The SMILES string of the molecule is COC(=O)c1ccc(C2CN(C(=O)Nc3ccc(Cl)cc3)N=C2c2ccc(Cl)cc2)cc1. The number of carbonyl (C=O) groups is 2. The van der Waals surface area contributed by atoms with Gasteiger partial charge in [-0.15, -0.1) is 0 Å². The van der Waals surface area contributed by atoms with Crippen LogP contribution in [0.1, 0.15) is 27.4 Å². The summed E-state index contributed by atoms with van der Waals surface area (Å²) in [6, 6.07) is 20.9. The van der Waals surface area contributed by atoms with Crippen LogP contribution in [0.15, 0.2) is 77.9 Å². The average molecular weight is 468 g/mol. The van der Waals surface area contributed by atoms with Crippen LogP contribution < -0.4 is 5.32 Å². The largest absolute Gasteiger partial charge is 0.465 e. The summed E-state index contributed by atoms with van der Waals surface area (Å²) in [6.07, 6.45) is 0. The van der Waals surface area contributed by atoms with Gasteiger partial charge in [0.25, 0.3) is 0 Å². The van der Waals surface area contributed by atoms with Gasteiger partial charge in [-0.3, -0.25) is 0 Å². The molecule has 3 aromatic carbocycles. The first-order valence-corrected chi connectivity index (χ1v) is 10.6. The molecule has 0 aliphatic carbocycles. The molecule has 0 fully saturated rings. The topological polar surface area (TPSA) is 71.0 Å². The third-order valence-corrected chi connectivity index (χ3v) is 5.62. The fourth-order valence-corrected chi connectivity index (χ4v) is 3.71. The van der Waals surface area contributed by atoms with Crippen LogP contribution in [0.4, 0.5) is 10.5 Å². The Balaban J connectivity index is 1.62. The van der Waals surface area contributed by atoms with Crippen LogP contribution in [0, 0.1) is 0 Å². The van der Waals surface area contributed by atoms with Gasteiger partial charge in [0.1, 0.15) is 0 Å². The molecule has 1 unspecified atom stereocenters. The van der Waals surface area contributed by atoms with Crippen LogP contribution in [-0.2, 0) is 4.74 Å². The number of anilines is 1. The molecule has 4 rings (SSSR count). The fourth-order valence-electron chi connectivity index (χ4n) is 3.46. The summed E-state index contributed by atoms with van der Waals surface area (Å²) in [5, 5.41) is 10.0. The van der Waals surface area contributed by atoms with Crippen molar-refractivity contribution in [2.24, 2.45) is 5.10 Å². The number of urea groups is 1. The Morgan fingerprint density at radius 3 is 2.12 bits per heavy atom. The smallest absolute Gasteiger partial charge is 0.342 e. The van der Waals surface area contributed by atoms with E-state index >= 15 is 0 Å². The molecular weight excluding hydrogens is 449 g/mol. The molecule has 8 heteroatoms. The van der Waals surface area contributed by atoms with E-state index in [2.05, 4.69) is 10.4 Å². The van der Waals surface area contributed by atoms with Crippen molar-refractivity contribution in [2.75, 3.05) is 19.0 Å². The van der Waals surface area contributed by atoms with Crippen LogP contribution in [-0.4, -0.2) is 36.4 Å². The average Bonchev–Trinajstić information content (AvgIpc) is 3.26. The van der Waals surface area contributed by atoms with Crippen molar-refractivity contribution in [3.8, 4) is 0 Å². The molecule has 3 aromatic rings. The zero-order valence-corrected chi connectivity index (χ0v) is 18.6. The number of ether oxygens (including phenoxy) is 1. The summed E-state index contributed by atoms with van der Waals surface area (Å²) >= 11 is 12.0. The normalized spacial score (nSPS) is 15.3. The molecule has 1 N–H and O–H groups in total. The lowest BCUT2D eigenvalue weighted by atomic mass is 9.90. The van der Waals surface area contributed by atoms with Crippen LogP contribution in [0.2, 0.25) is 10.0 Å². The van der Waals surface area contributed by atoms with Crippen LogP contribution in [0.5, 0.6) is 0 Å². The lowest BCUT2D eigenvalue weighted by Gasteiger charge is -2.16. The van der Waals surface area contributed by atoms with E-state index in [0.717, 1.165) is 16.8 Å². The second-order valence-corrected chi connectivity index (χ2v) is 8.05. The highest BCUT2D eigenvalue weighted by atomic mass is 35.5. The molecule has 1 aliphatic rings. The van der Waals surface area contributed by atoms with Gasteiger partial charge in [0.2, 0.25) is 0 Å². The van der Waals surface area contributed by atoms with E-state index in [1.54, 1.807) is 48.5 Å². The van der Waals surface area contributed by atoms with Crippen molar-refractivity contribution in [1.82, 2.24) is 5.01 Å². The van der Waals surface area contributed by atoms with Crippen molar-refractivity contribution in [2.45, 2.75) is 5.92 Å². The third-order valence-electron chi connectivity index (χ3n) is 5.12. The number of hydrazone groups is 1. The number of amides is 2. The molecule has 1 heterocycles. The Morgan fingerprint density at radius 2 is 1.53 bits per heavy atom. The maximum Gasteiger partial charge on any atom is 0.342 e. The highest BCUT2D eigenvalue weighted by molar-refractivity contribution is 6.31. The number of carbonyl (C=O) groups excluding carboxylic acids is 2. The molecule has 0 spiro atoms. The highest BCUT2D eigenvalue weighted by Crippen LogP contribution is 2.30. The van der Waals surface area contributed by atoms with Crippen LogP contribution in [0.25, 0.3) is 0 Å². The number of rotatable bonds is 4. The van der Waals surface area contributed by atoms with Crippen molar-refractivity contribution in [3.63, 3.8) is 0 Å². The minimum absolute atomic E-state index is 0.182. The molecule has 162 valence electrons. The predicted octanol–water partition coefficient (Wildman–Crippen LogP) is 5.82. The summed E-state index contributed by atoms with van der Waals surface area (Å²) in [6.45, 7) is 0.342.